The number of hydrogen-bond acceptors (Lipinski definition) is 7. The molecule has 0 aromatic carbocycles. The van der Waals surface area contributed by atoms with Crippen molar-refractivity contribution in [3.05, 3.63) is 52.7 Å². The molecule has 8 nitrogen and oxygen atoms in total. The van der Waals surface area contributed by atoms with E-state index in [1.54, 1.807) is 18.5 Å². The van der Waals surface area contributed by atoms with Gasteiger partial charge >= 0.3 is 0 Å². The predicted molar refractivity (Wildman–Crippen MR) is 113 cm³/mol. The van der Waals surface area contributed by atoms with Gasteiger partial charge in [0.2, 0.25) is 0 Å². The van der Waals surface area contributed by atoms with Gasteiger partial charge in [0.25, 0.3) is 5.91 Å². The van der Waals surface area contributed by atoms with E-state index in [4.69, 9.17) is 10.5 Å². The molecule has 3 N–H and O–H groups in total. The van der Waals surface area contributed by atoms with E-state index in [2.05, 4.69) is 44.0 Å². The van der Waals surface area contributed by atoms with E-state index >= 15 is 0 Å². The number of carbonyl (C=O) groups is 1. The maximum absolute atomic E-state index is 12.5. The first kappa shape index (κ1) is 19.7. The van der Waals surface area contributed by atoms with Crippen LogP contribution in [0.4, 0.5) is 5.82 Å². The van der Waals surface area contributed by atoms with Crippen molar-refractivity contribution in [2.24, 2.45) is 5.41 Å². The number of nitrogen functional groups attached to an aromatic ring is 1. The van der Waals surface area contributed by atoms with Gasteiger partial charge in [-0.15, -0.1) is 0 Å². The number of anilines is 1. The van der Waals surface area contributed by atoms with Gasteiger partial charge < -0.3 is 15.8 Å². The SMILES string of the molecule is Cc1nc2cnc(N)c(C#Cc3cncc(C(=O)NCC4(C)COC4)c3)c2nc1C. The molecule has 0 unspecified atom stereocenters. The molecular weight excluding hydrogens is 380 g/mol. The lowest BCUT2D eigenvalue weighted by atomic mass is 9.89. The Morgan fingerprint density at radius 1 is 1.20 bits per heavy atom. The van der Waals surface area contributed by atoms with Crippen molar-refractivity contribution in [2.75, 3.05) is 25.5 Å². The molecule has 0 radical (unpaired) electrons. The maximum Gasteiger partial charge on any atom is 0.252 e. The number of aromatic nitrogens is 4. The predicted octanol–water partition coefficient (Wildman–Crippen LogP) is 1.78. The Labute approximate surface area is 174 Å². The van der Waals surface area contributed by atoms with E-state index in [-0.39, 0.29) is 17.1 Å². The van der Waals surface area contributed by atoms with Crippen molar-refractivity contribution in [3.8, 4) is 11.8 Å². The highest BCUT2D eigenvalue weighted by molar-refractivity contribution is 5.94. The lowest BCUT2D eigenvalue weighted by Gasteiger charge is -2.38. The Morgan fingerprint density at radius 3 is 2.70 bits per heavy atom. The molecule has 4 rings (SSSR count). The first-order valence-electron chi connectivity index (χ1n) is 9.57. The maximum atomic E-state index is 12.5. The van der Waals surface area contributed by atoms with Crippen LogP contribution in [-0.2, 0) is 4.74 Å². The molecule has 1 fully saturated rings. The molecule has 1 amide bonds. The Hall–Kier alpha value is -3.57. The summed E-state index contributed by atoms with van der Waals surface area (Å²) in [5.41, 5.74) is 10.5. The van der Waals surface area contributed by atoms with Crippen molar-refractivity contribution in [3.63, 3.8) is 0 Å². The number of ether oxygens (including phenoxy) is 1. The van der Waals surface area contributed by atoms with Gasteiger partial charge in [0.15, 0.2) is 0 Å². The fraction of sp³-hybridized carbons (Fsp3) is 0.318. The molecule has 8 heteroatoms. The Kier molecular flexibility index (Phi) is 5.06. The summed E-state index contributed by atoms with van der Waals surface area (Å²) in [5.74, 6) is 6.14. The van der Waals surface area contributed by atoms with Crippen LogP contribution in [0.3, 0.4) is 0 Å². The van der Waals surface area contributed by atoms with E-state index < -0.39 is 0 Å². The number of nitrogens with one attached hydrogen (secondary N) is 1. The molecule has 0 atom stereocenters. The van der Waals surface area contributed by atoms with Gasteiger partial charge in [-0.3, -0.25) is 9.78 Å². The van der Waals surface area contributed by atoms with Gasteiger partial charge in [0.05, 0.1) is 41.9 Å². The number of aryl methyl sites for hydroxylation is 2. The average molecular weight is 402 g/mol. The number of hydrogen-bond donors (Lipinski definition) is 2. The van der Waals surface area contributed by atoms with E-state index in [1.807, 2.05) is 13.8 Å². The zero-order valence-corrected chi connectivity index (χ0v) is 17.1. The molecule has 0 spiro atoms. The molecular formula is C22H22N6O2. The number of amides is 1. The summed E-state index contributed by atoms with van der Waals surface area (Å²) in [6, 6.07) is 1.70. The van der Waals surface area contributed by atoms with Crippen LogP contribution in [0.25, 0.3) is 11.0 Å². The van der Waals surface area contributed by atoms with E-state index in [1.165, 1.54) is 6.20 Å². The summed E-state index contributed by atoms with van der Waals surface area (Å²) in [6.07, 6.45) is 4.71. The highest BCUT2D eigenvalue weighted by Crippen LogP contribution is 2.25. The molecule has 3 aromatic heterocycles. The van der Waals surface area contributed by atoms with Gasteiger partial charge in [-0.2, -0.15) is 0 Å². The minimum Gasteiger partial charge on any atom is -0.383 e. The van der Waals surface area contributed by atoms with Crippen LogP contribution < -0.4 is 11.1 Å². The van der Waals surface area contributed by atoms with Crippen LogP contribution in [0.2, 0.25) is 0 Å². The highest BCUT2D eigenvalue weighted by atomic mass is 16.5. The zero-order chi connectivity index (χ0) is 21.3. The summed E-state index contributed by atoms with van der Waals surface area (Å²) < 4.78 is 5.22. The summed E-state index contributed by atoms with van der Waals surface area (Å²) >= 11 is 0. The van der Waals surface area contributed by atoms with Crippen molar-refractivity contribution in [1.29, 1.82) is 0 Å². The highest BCUT2D eigenvalue weighted by Gasteiger charge is 2.33. The molecule has 0 bridgehead atoms. The topological polar surface area (TPSA) is 116 Å². The fourth-order valence-electron chi connectivity index (χ4n) is 3.05. The van der Waals surface area contributed by atoms with Crippen LogP contribution in [-0.4, -0.2) is 45.6 Å². The van der Waals surface area contributed by atoms with Gasteiger partial charge in [-0.05, 0) is 19.9 Å². The number of nitrogens with zero attached hydrogens (tertiary/aromatic N) is 4. The largest absolute Gasteiger partial charge is 0.383 e. The molecule has 0 saturated carbocycles. The van der Waals surface area contributed by atoms with Crippen molar-refractivity contribution in [2.45, 2.75) is 20.8 Å². The molecule has 1 aliphatic rings. The second-order valence-electron chi connectivity index (χ2n) is 7.85. The van der Waals surface area contributed by atoms with Crippen molar-refractivity contribution >= 4 is 22.8 Å². The minimum absolute atomic E-state index is 0.00306. The number of carbonyl (C=O) groups excluding carboxylic acids is 1. The molecule has 3 aromatic rings. The number of fused-ring (bicyclic) bond motifs is 1. The van der Waals surface area contributed by atoms with Crippen LogP contribution in [0, 0.1) is 31.1 Å². The smallest absolute Gasteiger partial charge is 0.252 e. The molecule has 1 aliphatic heterocycles. The first-order valence-corrected chi connectivity index (χ1v) is 9.57. The summed E-state index contributed by atoms with van der Waals surface area (Å²) in [7, 11) is 0. The normalized spacial score (nSPS) is 14.5. The van der Waals surface area contributed by atoms with E-state index in [0.717, 1.165) is 11.4 Å². The fourth-order valence-corrected chi connectivity index (χ4v) is 3.05. The van der Waals surface area contributed by atoms with Gasteiger partial charge in [-0.1, -0.05) is 18.8 Å². The number of nitrogens with two attached hydrogens (primary N) is 1. The third-order valence-corrected chi connectivity index (χ3v) is 5.06. The third-order valence-electron chi connectivity index (χ3n) is 5.06. The van der Waals surface area contributed by atoms with Crippen LogP contribution in [0.15, 0.2) is 24.7 Å². The molecule has 1 saturated heterocycles. The zero-order valence-electron chi connectivity index (χ0n) is 17.1. The molecule has 30 heavy (non-hydrogen) atoms. The molecule has 4 heterocycles. The van der Waals surface area contributed by atoms with Crippen molar-refractivity contribution in [1.82, 2.24) is 25.3 Å². The van der Waals surface area contributed by atoms with Crippen molar-refractivity contribution < 1.29 is 9.53 Å². The molecule has 152 valence electrons. The Balaban J connectivity index is 1.60. The van der Waals surface area contributed by atoms with Gasteiger partial charge in [-0.25, -0.2) is 15.0 Å². The van der Waals surface area contributed by atoms with Crippen LogP contribution >= 0.6 is 0 Å². The second kappa shape index (κ2) is 7.69. The van der Waals surface area contributed by atoms with Gasteiger partial charge in [0, 0.05) is 29.9 Å². The molecule has 0 aliphatic carbocycles. The number of rotatable bonds is 3. The van der Waals surface area contributed by atoms with E-state index in [9.17, 15) is 4.79 Å². The lowest BCUT2D eigenvalue weighted by Crippen LogP contribution is -2.48. The first-order chi connectivity index (χ1) is 14.3. The second-order valence-corrected chi connectivity index (χ2v) is 7.85. The quantitative estimate of drug-likeness (QED) is 0.642. The standard InChI is InChI=1S/C22H22N6O2/c1-13-14(2)28-19-17(20(23)25-9-18(19)27-13)5-4-15-6-16(8-24-7-15)21(29)26-10-22(3)11-30-12-22/h6-9H,10-12H2,1-3H3,(H2,23,25)(H,26,29). The minimum atomic E-state index is -0.192. The van der Waals surface area contributed by atoms with Gasteiger partial charge in [0.1, 0.15) is 16.9 Å². The number of pyridine rings is 2. The monoisotopic (exact) mass is 402 g/mol. The summed E-state index contributed by atoms with van der Waals surface area (Å²) in [6.45, 7) is 7.71. The summed E-state index contributed by atoms with van der Waals surface area (Å²) in [4.78, 5) is 29.9. The van der Waals surface area contributed by atoms with Crippen LogP contribution in [0.5, 0.6) is 0 Å². The average Bonchev–Trinajstić information content (AvgIpc) is 2.71. The van der Waals surface area contributed by atoms with E-state index in [0.29, 0.717) is 47.5 Å². The third kappa shape index (κ3) is 3.93. The lowest BCUT2D eigenvalue weighted by molar-refractivity contribution is -0.0978. The Morgan fingerprint density at radius 2 is 1.97 bits per heavy atom. The van der Waals surface area contributed by atoms with Crippen LogP contribution in [0.1, 0.15) is 39.8 Å². The Bertz CT molecular complexity index is 1210. The summed E-state index contributed by atoms with van der Waals surface area (Å²) in [5, 5.41) is 2.93.